The lowest BCUT2D eigenvalue weighted by Crippen LogP contribution is -2.24. The van der Waals surface area contributed by atoms with Crippen LogP contribution in [0.1, 0.15) is 42.3 Å². The van der Waals surface area contributed by atoms with Gasteiger partial charge in [0.1, 0.15) is 5.60 Å². The Bertz CT molecular complexity index is 418. The predicted molar refractivity (Wildman–Crippen MR) is 62.2 cm³/mol. The SMILES string of the molecule is CC(C)(C)OC(=O)c1cccc2c1CNC2. The second-order valence-corrected chi connectivity index (χ2v) is 5.05. The van der Waals surface area contributed by atoms with Gasteiger partial charge in [-0.2, -0.15) is 0 Å². The summed E-state index contributed by atoms with van der Waals surface area (Å²) >= 11 is 0. The highest BCUT2D eigenvalue weighted by Crippen LogP contribution is 2.22. The van der Waals surface area contributed by atoms with Crippen LogP contribution in [0.4, 0.5) is 0 Å². The van der Waals surface area contributed by atoms with E-state index < -0.39 is 5.60 Å². The van der Waals surface area contributed by atoms with Crippen molar-refractivity contribution >= 4 is 5.97 Å². The quantitative estimate of drug-likeness (QED) is 0.736. The molecule has 3 heteroatoms. The molecule has 1 aliphatic heterocycles. The van der Waals surface area contributed by atoms with Crippen molar-refractivity contribution in [2.75, 3.05) is 0 Å². The molecule has 0 fully saturated rings. The highest BCUT2D eigenvalue weighted by molar-refractivity contribution is 5.92. The molecular weight excluding hydrogens is 202 g/mol. The number of benzene rings is 1. The number of esters is 1. The summed E-state index contributed by atoms with van der Waals surface area (Å²) in [7, 11) is 0. The van der Waals surface area contributed by atoms with Crippen LogP contribution in [-0.2, 0) is 17.8 Å². The third kappa shape index (κ3) is 2.25. The molecule has 0 saturated carbocycles. The molecule has 16 heavy (non-hydrogen) atoms. The van der Waals surface area contributed by atoms with Crippen LogP contribution in [0.15, 0.2) is 18.2 Å². The maximum absolute atomic E-state index is 12.0. The molecule has 1 aromatic carbocycles. The summed E-state index contributed by atoms with van der Waals surface area (Å²) < 4.78 is 5.38. The molecule has 1 N–H and O–H groups in total. The minimum Gasteiger partial charge on any atom is -0.456 e. The van der Waals surface area contributed by atoms with Gasteiger partial charge in [-0.1, -0.05) is 12.1 Å². The Hall–Kier alpha value is -1.35. The molecule has 0 aliphatic carbocycles. The van der Waals surface area contributed by atoms with Gasteiger partial charge >= 0.3 is 5.97 Å². The van der Waals surface area contributed by atoms with Crippen LogP contribution >= 0.6 is 0 Å². The van der Waals surface area contributed by atoms with E-state index in [0.29, 0.717) is 5.56 Å². The number of nitrogens with one attached hydrogen (secondary N) is 1. The molecule has 86 valence electrons. The number of carbonyl (C=O) groups is 1. The van der Waals surface area contributed by atoms with E-state index in [0.717, 1.165) is 18.7 Å². The van der Waals surface area contributed by atoms with Gasteiger partial charge in [-0.3, -0.25) is 0 Å². The summed E-state index contributed by atoms with van der Waals surface area (Å²) in [5.74, 6) is -0.229. The highest BCUT2D eigenvalue weighted by Gasteiger charge is 2.23. The first-order chi connectivity index (χ1) is 7.47. The van der Waals surface area contributed by atoms with Gasteiger partial charge < -0.3 is 10.1 Å². The monoisotopic (exact) mass is 219 g/mol. The van der Waals surface area contributed by atoms with Gasteiger partial charge in [-0.25, -0.2) is 4.79 Å². The zero-order valence-electron chi connectivity index (χ0n) is 9.96. The minimum absolute atomic E-state index is 0.229. The van der Waals surface area contributed by atoms with Gasteiger partial charge in [0, 0.05) is 13.1 Å². The average molecular weight is 219 g/mol. The molecule has 0 atom stereocenters. The molecule has 1 aliphatic rings. The summed E-state index contributed by atoms with van der Waals surface area (Å²) in [5.41, 5.74) is 2.53. The van der Waals surface area contributed by atoms with Crippen molar-refractivity contribution in [3.8, 4) is 0 Å². The van der Waals surface area contributed by atoms with Crippen LogP contribution in [0.5, 0.6) is 0 Å². The number of fused-ring (bicyclic) bond motifs is 1. The van der Waals surface area contributed by atoms with Crippen LogP contribution in [-0.4, -0.2) is 11.6 Å². The summed E-state index contributed by atoms with van der Waals surface area (Å²) in [6.07, 6.45) is 0. The molecule has 0 bridgehead atoms. The minimum atomic E-state index is -0.439. The Balaban J connectivity index is 2.28. The highest BCUT2D eigenvalue weighted by atomic mass is 16.6. The van der Waals surface area contributed by atoms with Crippen molar-refractivity contribution < 1.29 is 9.53 Å². The van der Waals surface area contributed by atoms with E-state index in [4.69, 9.17) is 4.74 Å². The molecule has 1 heterocycles. The number of carbonyl (C=O) groups excluding carboxylic acids is 1. The first-order valence-corrected chi connectivity index (χ1v) is 5.52. The lowest BCUT2D eigenvalue weighted by atomic mass is 10.0. The Morgan fingerprint density at radius 2 is 2.06 bits per heavy atom. The Labute approximate surface area is 95.8 Å². The topological polar surface area (TPSA) is 38.3 Å². The maximum atomic E-state index is 12.0. The van der Waals surface area contributed by atoms with Crippen molar-refractivity contribution in [3.63, 3.8) is 0 Å². The van der Waals surface area contributed by atoms with Crippen molar-refractivity contribution in [2.45, 2.75) is 39.5 Å². The molecule has 0 saturated heterocycles. The fraction of sp³-hybridized carbons (Fsp3) is 0.462. The van der Waals surface area contributed by atoms with Crippen molar-refractivity contribution in [2.24, 2.45) is 0 Å². The summed E-state index contributed by atoms with van der Waals surface area (Å²) in [6, 6.07) is 5.79. The maximum Gasteiger partial charge on any atom is 0.338 e. The van der Waals surface area contributed by atoms with Gasteiger partial charge in [0.25, 0.3) is 0 Å². The van der Waals surface area contributed by atoms with Crippen LogP contribution in [0, 0.1) is 0 Å². The smallest absolute Gasteiger partial charge is 0.338 e. The van der Waals surface area contributed by atoms with Gasteiger partial charge in [0.2, 0.25) is 0 Å². The summed E-state index contributed by atoms with van der Waals surface area (Å²) in [4.78, 5) is 12.0. The third-order valence-corrected chi connectivity index (χ3v) is 2.51. The molecular formula is C13H17NO2. The lowest BCUT2D eigenvalue weighted by molar-refractivity contribution is 0.00684. The second kappa shape index (κ2) is 3.91. The molecule has 0 radical (unpaired) electrons. The Morgan fingerprint density at radius 1 is 1.31 bits per heavy atom. The number of ether oxygens (including phenoxy) is 1. The van der Waals surface area contributed by atoms with Gasteiger partial charge in [0.05, 0.1) is 5.56 Å². The number of hydrogen-bond donors (Lipinski definition) is 1. The van der Waals surface area contributed by atoms with Crippen LogP contribution in [0.25, 0.3) is 0 Å². The van der Waals surface area contributed by atoms with Crippen molar-refractivity contribution in [3.05, 3.63) is 34.9 Å². The second-order valence-electron chi connectivity index (χ2n) is 5.05. The van der Waals surface area contributed by atoms with E-state index in [-0.39, 0.29) is 5.97 Å². The number of rotatable bonds is 1. The fourth-order valence-electron chi connectivity index (χ4n) is 1.86. The normalized spacial score (nSPS) is 14.7. The molecule has 0 amide bonds. The van der Waals surface area contributed by atoms with Crippen LogP contribution < -0.4 is 5.32 Å². The largest absolute Gasteiger partial charge is 0.456 e. The molecule has 0 aromatic heterocycles. The van der Waals surface area contributed by atoms with E-state index in [1.54, 1.807) is 0 Å². The first kappa shape index (κ1) is 11.1. The van der Waals surface area contributed by atoms with Crippen molar-refractivity contribution in [1.29, 1.82) is 0 Å². The zero-order valence-corrected chi connectivity index (χ0v) is 9.96. The zero-order chi connectivity index (χ0) is 11.8. The lowest BCUT2D eigenvalue weighted by Gasteiger charge is -2.20. The van der Waals surface area contributed by atoms with Crippen LogP contribution in [0.3, 0.4) is 0 Å². The standard InChI is InChI=1S/C13H17NO2/c1-13(2,3)16-12(15)10-6-4-5-9-7-14-8-11(9)10/h4-6,14H,7-8H2,1-3H3. The Morgan fingerprint density at radius 3 is 2.75 bits per heavy atom. The molecule has 0 unspecified atom stereocenters. The summed E-state index contributed by atoms with van der Waals surface area (Å²) in [6.45, 7) is 7.24. The molecule has 3 nitrogen and oxygen atoms in total. The average Bonchev–Trinajstić information content (AvgIpc) is 2.61. The molecule has 1 aromatic rings. The van der Waals surface area contributed by atoms with Gasteiger partial charge in [-0.15, -0.1) is 0 Å². The van der Waals surface area contributed by atoms with E-state index in [1.807, 2.05) is 39.0 Å². The summed E-state index contributed by atoms with van der Waals surface area (Å²) in [5, 5.41) is 3.24. The van der Waals surface area contributed by atoms with Crippen LogP contribution in [0.2, 0.25) is 0 Å². The first-order valence-electron chi connectivity index (χ1n) is 5.52. The number of hydrogen-bond acceptors (Lipinski definition) is 3. The van der Waals surface area contributed by atoms with E-state index in [9.17, 15) is 4.79 Å². The van der Waals surface area contributed by atoms with E-state index >= 15 is 0 Å². The Kier molecular flexibility index (Phi) is 2.72. The fourth-order valence-corrected chi connectivity index (χ4v) is 1.86. The third-order valence-electron chi connectivity index (χ3n) is 2.51. The molecule has 0 spiro atoms. The van der Waals surface area contributed by atoms with E-state index in [1.165, 1.54) is 5.56 Å². The van der Waals surface area contributed by atoms with E-state index in [2.05, 4.69) is 5.32 Å². The van der Waals surface area contributed by atoms with Gasteiger partial charge in [-0.05, 0) is 38.0 Å². The predicted octanol–water partition coefficient (Wildman–Crippen LogP) is 2.25. The van der Waals surface area contributed by atoms with Gasteiger partial charge in [0.15, 0.2) is 0 Å². The molecule has 2 rings (SSSR count). The van der Waals surface area contributed by atoms with Crippen molar-refractivity contribution in [1.82, 2.24) is 5.32 Å².